The fourth-order valence-corrected chi connectivity index (χ4v) is 0.615. The molecule has 0 aliphatic carbocycles. The van der Waals surface area contributed by atoms with Gasteiger partial charge in [0.05, 0.1) is 0 Å². The number of esters is 1. The summed E-state index contributed by atoms with van der Waals surface area (Å²) in [6, 6.07) is 0. The number of methoxy groups -OCH3 is 1. The number of halogens is 1. The van der Waals surface area contributed by atoms with Crippen LogP contribution < -0.4 is 0 Å². The van der Waals surface area contributed by atoms with Gasteiger partial charge in [-0.15, -0.1) is 0 Å². The van der Waals surface area contributed by atoms with Gasteiger partial charge in [0, 0.05) is 18.0 Å². The van der Waals surface area contributed by atoms with Crippen molar-refractivity contribution in [3.05, 3.63) is 12.2 Å². The maximum Gasteiger partial charge on any atom is 0.332 e. The van der Waals surface area contributed by atoms with Gasteiger partial charge in [0.2, 0.25) is 0 Å². The molecule has 0 aliphatic heterocycles. The first kappa shape index (κ1) is 11.6. The van der Waals surface area contributed by atoms with Crippen LogP contribution >= 0.6 is 15.9 Å². The van der Waals surface area contributed by atoms with Crippen molar-refractivity contribution < 1.29 is 14.3 Å². The molecule has 0 saturated carbocycles. The van der Waals surface area contributed by atoms with Gasteiger partial charge < -0.3 is 9.47 Å². The van der Waals surface area contributed by atoms with Gasteiger partial charge in [-0.25, -0.2) is 4.79 Å². The van der Waals surface area contributed by atoms with E-state index in [0.717, 1.165) is 0 Å². The number of hydrogen-bond acceptors (Lipinski definition) is 3. The fourth-order valence-electron chi connectivity index (χ4n) is 0.462. The molecule has 0 fully saturated rings. The first-order chi connectivity index (χ1) is 5.56. The number of allylic oxidation sites excluding steroid dienone is 1. The molecule has 0 rings (SSSR count). The molecule has 0 spiro atoms. The summed E-state index contributed by atoms with van der Waals surface area (Å²) in [5.41, 5.74) is 0. The first-order valence-corrected chi connectivity index (χ1v) is 4.53. The van der Waals surface area contributed by atoms with Gasteiger partial charge in [-0.3, -0.25) is 0 Å². The molecule has 0 amide bonds. The smallest absolute Gasteiger partial charge is 0.332 e. The fraction of sp³-hybridized carbons (Fsp3) is 0.625. The zero-order chi connectivity index (χ0) is 9.56. The highest BCUT2D eigenvalue weighted by Gasteiger charge is 2.03. The van der Waals surface area contributed by atoms with Gasteiger partial charge in [-0.2, -0.15) is 0 Å². The molecule has 0 aliphatic rings. The second-order valence-corrected chi connectivity index (χ2v) is 3.72. The Bertz CT molecular complexity index is 166. The average molecular weight is 237 g/mol. The van der Waals surface area contributed by atoms with Crippen molar-refractivity contribution in [2.75, 3.05) is 7.11 Å². The lowest BCUT2D eigenvalue weighted by molar-refractivity contribution is -0.163. The van der Waals surface area contributed by atoms with Crippen LogP contribution in [0.25, 0.3) is 0 Å². The normalized spacial score (nSPS) is 16.0. The van der Waals surface area contributed by atoms with Crippen molar-refractivity contribution in [1.82, 2.24) is 0 Å². The highest BCUT2D eigenvalue weighted by atomic mass is 79.9. The Morgan fingerprint density at radius 2 is 2.08 bits per heavy atom. The van der Waals surface area contributed by atoms with E-state index in [1.165, 1.54) is 13.2 Å². The molecule has 0 heterocycles. The molecule has 4 heteroatoms. The summed E-state index contributed by atoms with van der Waals surface area (Å²) in [6.45, 7) is 3.56. The quantitative estimate of drug-likeness (QED) is 0.324. The molecule has 0 saturated heterocycles. The van der Waals surface area contributed by atoms with Gasteiger partial charge >= 0.3 is 5.97 Å². The first-order valence-electron chi connectivity index (χ1n) is 3.62. The largest absolute Gasteiger partial charge is 0.433 e. The van der Waals surface area contributed by atoms with Crippen LogP contribution in [0, 0.1) is 0 Å². The third-order valence-corrected chi connectivity index (χ3v) is 1.42. The maximum absolute atomic E-state index is 10.9. The standard InChI is InChI=1S/C8H13BrO3/c1-6(9)4-5-8(10)12-7(2)11-3/h4-7H,1-3H3. The van der Waals surface area contributed by atoms with Gasteiger partial charge in [0.25, 0.3) is 0 Å². The van der Waals surface area contributed by atoms with Crippen molar-refractivity contribution in [3.8, 4) is 0 Å². The van der Waals surface area contributed by atoms with E-state index in [-0.39, 0.29) is 4.83 Å². The molecule has 0 aromatic heterocycles. The number of ether oxygens (including phenoxy) is 2. The second-order valence-electron chi connectivity index (χ2n) is 2.28. The summed E-state index contributed by atoms with van der Waals surface area (Å²) in [5.74, 6) is -0.393. The van der Waals surface area contributed by atoms with Crippen LogP contribution in [0.3, 0.4) is 0 Å². The van der Waals surface area contributed by atoms with E-state index in [1.807, 2.05) is 6.92 Å². The molecule has 70 valence electrons. The number of carbonyl (C=O) groups excluding carboxylic acids is 1. The van der Waals surface area contributed by atoms with Gasteiger partial charge in [0.15, 0.2) is 6.29 Å². The van der Waals surface area contributed by atoms with E-state index in [9.17, 15) is 4.79 Å². The Balaban J connectivity index is 3.74. The van der Waals surface area contributed by atoms with Crippen molar-refractivity contribution in [1.29, 1.82) is 0 Å². The zero-order valence-electron chi connectivity index (χ0n) is 7.41. The monoisotopic (exact) mass is 236 g/mol. The summed E-state index contributed by atoms with van der Waals surface area (Å²) in [7, 11) is 1.48. The zero-order valence-corrected chi connectivity index (χ0v) is 9.00. The maximum atomic E-state index is 10.9. The van der Waals surface area contributed by atoms with E-state index in [2.05, 4.69) is 15.9 Å². The Hall–Kier alpha value is -0.350. The summed E-state index contributed by atoms with van der Waals surface area (Å²) in [6.07, 6.45) is 2.58. The summed E-state index contributed by atoms with van der Waals surface area (Å²) in [4.78, 5) is 11.1. The topological polar surface area (TPSA) is 35.5 Å². The third-order valence-electron chi connectivity index (χ3n) is 1.11. The third kappa shape index (κ3) is 6.37. The molecular weight excluding hydrogens is 224 g/mol. The lowest BCUT2D eigenvalue weighted by atomic mass is 10.4. The summed E-state index contributed by atoms with van der Waals surface area (Å²) in [5, 5.41) is 0. The molecule has 0 aromatic rings. The van der Waals surface area contributed by atoms with Gasteiger partial charge in [-0.05, 0) is 13.8 Å². The van der Waals surface area contributed by atoms with Crippen LogP contribution in [0.4, 0.5) is 0 Å². The lowest BCUT2D eigenvalue weighted by Gasteiger charge is -2.08. The van der Waals surface area contributed by atoms with E-state index in [1.54, 1.807) is 13.0 Å². The summed E-state index contributed by atoms with van der Waals surface area (Å²) < 4.78 is 9.52. The van der Waals surface area contributed by atoms with Crippen LogP contribution in [0.5, 0.6) is 0 Å². The molecule has 0 N–H and O–H groups in total. The number of rotatable bonds is 4. The van der Waals surface area contributed by atoms with E-state index >= 15 is 0 Å². The average Bonchev–Trinajstić information content (AvgIpc) is 2.00. The van der Waals surface area contributed by atoms with E-state index in [0.29, 0.717) is 0 Å². The number of alkyl halides is 1. The van der Waals surface area contributed by atoms with Crippen LogP contribution in [0.2, 0.25) is 0 Å². The Kier molecular flexibility index (Phi) is 6.02. The molecule has 12 heavy (non-hydrogen) atoms. The Labute approximate surface area is 80.9 Å². The van der Waals surface area contributed by atoms with Gasteiger partial charge in [-0.1, -0.05) is 22.0 Å². The Morgan fingerprint density at radius 1 is 1.50 bits per heavy atom. The molecule has 0 radical (unpaired) electrons. The predicted octanol–water partition coefficient (Wildman–Crippen LogP) is 1.86. The van der Waals surface area contributed by atoms with Crippen LogP contribution in [0.1, 0.15) is 13.8 Å². The minimum absolute atomic E-state index is 0.169. The van der Waals surface area contributed by atoms with Crippen molar-refractivity contribution >= 4 is 21.9 Å². The molecule has 0 bridgehead atoms. The van der Waals surface area contributed by atoms with Crippen LogP contribution in [0.15, 0.2) is 12.2 Å². The van der Waals surface area contributed by atoms with Crippen molar-refractivity contribution in [2.24, 2.45) is 0 Å². The highest BCUT2D eigenvalue weighted by Crippen LogP contribution is 1.99. The lowest BCUT2D eigenvalue weighted by Crippen LogP contribution is -2.14. The molecule has 2 atom stereocenters. The Morgan fingerprint density at radius 3 is 2.50 bits per heavy atom. The van der Waals surface area contributed by atoms with Gasteiger partial charge in [0.1, 0.15) is 0 Å². The van der Waals surface area contributed by atoms with E-state index < -0.39 is 12.3 Å². The van der Waals surface area contributed by atoms with Crippen LogP contribution in [-0.4, -0.2) is 24.2 Å². The number of hydrogen-bond donors (Lipinski definition) is 0. The predicted molar refractivity (Wildman–Crippen MR) is 50.1 cm³/mol. The number of carbonyl (C=O) groups is 1. The van der Waals surface area contributed by atoms with Crippen molar-refractivity contribution in [2.45, 2.75) is 25.0 Å². The van der Waals surface area contributed by atoms with E-state index in [4.69, 9.17) is 9.47 Å². The van der Waals surface area contributed by atoms with Crippen molar-refractivity contribution in [3.63, 3.8) is 0 Å². The SMILES string of the molecule is COC(C)OC(=O)C=CC(C)Br. The molecule has 2 unspecified atom stereocenters. The minimum Gasteiger partial charge on any atom is -0.433 e. The summed E-state index contributed by atoms with van der Waals surface area (Å²) >= 11 is 3.26. The minimum atomic E-state index is -0.493. The molecule has 0 aromatic carbocycles. The highest BCUT2D eigenvalue weighted by molar-refractivity contribution is 9.09. The second kappa shape index (κ2) is 6.20. The molecule has 3 nitrogen and oxygen atoms in total. The molecular formula is C8H13BrO3. The van der Waals surface area contributed by atoms with Crippen LogP contribution in [-0.2, 0) is 14.3 Å².